The van der Waals surface area contributed by atoms with E-state index in [9.17, 15) is 22.4 Å². The fraction of sp³-hybridized carbons (Fsp3) is 0.500. The summed E-state index contributed by atoms with van der Waals surface area (Å²) < 4.78 is 48.2. The van der Waals surface area contributed by atoms with Crippen molar-refractivity contribution in [1.29, 1.82) is 0 Å². The van der Waals surface area contributed by atoms with Gasteiger partial charge in [0, 0.05) is 0 Å². The van der Waals surface area contributed by atoms with E-state index in [0.717, 1.165) is 6.92 Å². The fourth-order valence-corrected chi connectivity index (χ4v) is 0.614. The van der Waals surface area contributed by atoms with Gasteiger partial charge in [0.25, 0.3) is 12.9 Å². The van der Waals surface area contributed by atoms with Crippen LogP contribution >= 0.6 is 0 Å². The van der Waals surface area contributed by atoms with Crippen LogP contribution in [0.4, 0.5) is 17.6 Å². The summed E-state index contributed by atoms with van der Waals surface area (Å²) in [5.74, 6) is -0.447. The molecule has 0 unspecified atom stereocenters. The highest BCUT2D eigenvalue weighted by atomic mass is 19.3. The van der Waals surface area contributed by atoms with Gasteiger partial charge in [-0.2, -0.15) is 0 Å². The number of nitrogens with zero attached hydrogens (tertiary/aromatic N) is 1. The predicted octanol–water partition coefficient (Wildman–Crippen LogP) is 1.39. The molecular formula is C8H10F4N2O. The van der Waals surface area contributed by atoms with Crippen LogP contribution in [0, 0.1) is 0 Å². The Morgan fingerprint density at radius 3 is 2.20 bits per heavy atom. The quantitative estimate of drug-likeness (QED) is 0.568. The lowest BCUT2D eigenvalue weighted by molar-refractivity contribution is -0.115. The first-order valence-electron chi connectivity index (χ1n) is 3.91. The molecule has 2 N–H and O–H groups in total. The molecule has 0 aliphatic rings. The van der Waals surface area contributed by atoms with Gasteiger partial charge in [0.2, 0.25) is 0 Å². The van der Waals surface area contributed by atoms with Gasteiger partial charge < -0.3 is 5.73 Å². The molecule has 0 radical (unpaired) electrons. The van der Waals surface area contributed by atoms with Crippen LogP contribution in [-0.4, -0.2) is 30.9 Å². The molecule has 0 aliphatic carbocycles. The third-order valence-electron chi connectivity index (χ3n) is 1.27. The first-order chi connectivity index (χ1) is 6.84. The normalized spacial score (nSPS) is 13.8. The molecular weight excluding hydrogens is 216 g/mol. The average molecular weight is 226 g/mol. The van der Waals surface area contributed by atoms with Crippen molar-refractivity contribution in [3.05, 3.63) is 11.8 Å². The molecule has 86 valence electrons. The van der Waals surface area contributed by atoms with E-state index in [-0.39, 0.29) is 0 Å². The number of aliphatic imine (C=N–C) groups is 1. The Labute approximate surface area is 83.7 Å². The van der Waals surface area contributed by atoms with Gasteiger partial charge in [-0.05, 0) is 13.0 Å². The second-order valence-electron chi connectivity index (χ2n) is 2.69. The van der Waals surface area contributed by atoms with E-state index < -0.39 is 36.6 Å². The van der Waals surface area contributed by atoms with Crippen LogP contribution in [0.2, 0.25) is 0 Å². The van der Waals surface area contributed by atoms with Gasteiger partial charge in [0.15, 0.2) is 5.78 Å². The molecule has 0 aromatic rings. The number of halogens is 4. The summed E-state index contributed by atoms with van der Waals surface area (Å²) in [6.45, 7) is 0.666. The maximum Gasteiger partial charge on any atom is 0.280 e. The highest BCUT2D eigenvalue weighted by molar-refractivity contribution is 5.99. The molecule has 0 heterocycles. The largest absolute Gasteiger partial charge is 0.397 e. The summed E-state index contributed by atoms with van der Waals surface area (Å²) in [4.78, 5) is 13.6. The maximum absolute atomic E-state index is 12.2. The van der Waals surface area contributed by atoms with Crippen molar-refractivity contribution in [2.45, 2.75) is 19.8 Å². The monoisotopic (exact) mass is 226 g/mol. The van der Waals surface area contributed by atoms with Gasteiger partial charge in [-0.1, -0.05) is 0 Å². The van der Waals surface area contributed by atoms with E-state index in [1.54, 1.807) is 0 Å². The van der Waals surface area contributed by atoms with Crippen LogP contribution in [0.3, 0.4) is 0 Å². The number of hydrogen-bond acceptors (Lipinski definition) is 3. The number of alkyl halides is 4. The minimum Gasteiger partial charge on any atom is -0.397 e. The molecule has 0 saturated carbocycles. The maximum atomic E-state index is 12.2. The van der Waals surface area contributed by atoms with Crippen LogP contribution in [0.25, 0.3) is 0 Å². The number of hydrogen-bond donors (Lipinski definition) is 1. The van der Waals surface area contributed by atoms with Crippen LogP contribution in [-0.2, 0) is 4.79 Å². The van der Waals surface area contributed by atoms with Crippen LogP contribution < -0.4 is 5.73 Å². The van der Waals surface area contributed by atoms with Crippen molar-refractivity contribution in [3.63, 3.8) is 0 Å². The number of nitrogens with two attached hydrogens (primary N) is 1. The van der Waals surface area contributed by atoms with E-state index in [4.69, 9.17) is 5.73 Å². The standard InChI is InChI=1S/C8H10F4N2O/c1-4(15)3-14-6(8(11)12)2-5(13)7(9)10/h2,7-8H,3,13H2,1H3. The Bertz CT molecular complexity index is 286. The summed E-state index contributed by atoms with van der Waals surface area (Å²) in [5.41, 5.74) is 2.86. The van der Waals surface area contributed by atoms with Gasteiger partial charge in [-0.25, -0.2) is 17.6 Å². The van der Waals surface area contributed by atoms with Crippen molar-refractivity contribution in [2.24, 2.45) is 10.7 Å². The Balaban J connectivity index is 4.75. The van der Waals surface area contributed by atoms with Gasteiger partial charge >= 0.3 is 0 Å². The van der Waals surface area contributed by atoms with Gasteiger partial charge in [0.1, 0.15) is 5.71 Å². The van der Waals surface area contributed by atoms with E-state index in [1.165, 1.54) is 0 Å². The Hall–Kier alpha value is -1.40. The smallest absolute Gasteiger partial charge is 0.280 e. The molecule has 15 heavy (non-hydrogen) atoms. The zero-order valence-electron chi connectivity index (χ0n) is 7.88. The second kappa shape index (κ2) is 6.15. The lowest BCUT2D eigenvalue weighted by atomic mass is 10.3. The lowest BCUT2D eigenvalue weighted by Gasteiger charge is -2.02. The van der Waals surface area contributed by atoms with Crippen LogP contribution in [0.15, 0.2) is 16.8 Å². The molecule has 0 saturated heterocycles. The summed E-state index contributed by atoms with van der Waals surface area (Å²) in [6.07, 6.45) is -5.67. The summed E-state index contributed by atoms with van der Waals surface area (Å²) >= 11 is 0. The molecule has 0 amide bonds. The number of rotatable bonds is 5. The lowest BCUT2D eigenvalue weighted by Crippen LogP contribution is -2.16. The van der Waals surface area contributed by atoms with Crippen molar-refractivity contribution in [3.8, 4) is 0 Å². The zero-order chi connectivity index (χ0) is 12.0. The first-order valence-corrected chi connectivity index (χ1v) is 3.91. The summed E-state index contributed by atoms with van der Waals surface area (Å²) in [7, 11) is 0. The molecule has 0 atom stereocenters. The topological polar surface area (TPSA) is 55.5 Å². The van der Waals surface area contributed by atoms with Crippen molar-refractivity contribution >= 4 is 11.5 Å². The Morgan fingerprint density at radius 2 is 1.87 bits per heavy atom. The summed E-state index contributed by atoms with van der Waals surface area (Å²) in [5, 5.41) is 0. The number of carbonyl (C=O) groups excluding carboxylic acids is 1. The number of carbonyl (C=O) groups is 1. The zero-order valence-corrected chi connectivity index (χ0v) is 7.88. The van der Waals surface area contributed by atoms with Crippen LogP contribution in [0.1, 0.15) is 6.92 Å². The molecule has 3 nitrogen and oxygen atoms in total. The van der Waals surface area contributed by atoms with Gasteiger partial charge in [-0.3, -0.25) is 9.79 Å². The molecule has 0 fully saturated rings. The minimum atomic E-state index is -3.04. The molecule has 0 rings (SSSR count). The predicted molar refractivity (Wildman–Crippen MR) is 47.3 cm³/mol. The molecule has 0 bridgehead atoms. The van der Waals surface area contributed by atoms with E-state index in [1.807, 2.05) is 0 Å². The highest BCUT2D eigenvalue weighted by Crippen LogP contribution is 2.06. The third kappa shape index (κ3) is 5.82. The first kappa shape index (κ1) is 13.6. The molecule has 0 aliphatic heterocycles. The average Bonchev–Trinajstić information content (AvgIpc) is 2.10. The summed E-state index contributed by atoms with van der Waals surface area (Å²) in [6, 6.07) is 0. The molecule has 0 aromatic heterocycles. The SMILES string of the molecule is CC(=O)CN=C(C=C(N)C(F)F)C(F)F. The van der Waals surface area contributed by atoms with E-state index >= 15 is 0 Å². The Kier molecular flexibility index (Phi) is 5.58. The van der Waals surface area contributed by atoms with E-state index in [0.29, 0.717) is 6.08 Å². The highest BCUT2D eigenvalue weighted by Gasteiger charge is 2.14. The van der Waals surface area contributed by atoms with Crippen molar-refractivity contribution in [1.82, 2.24) is 0 Å². The molecule has 0 aromatic carbocycles. The van der Waals surface area contributed by atoms with E-state index in [2.05, 4.69) is 4.99 Å². The molecule has 0 spiro atoms. The van der Waals surface area contributed by atoms with Crippen LogP contribution in [0.5, 0.6) is 0 Å². The van der Waals surface area contributed by atoms with Crippen molar-refractivity contribution < 1.29 is 22.4 Å². The number of allylic oxidation sites excluding steroid dienone is 2. The van der Waals surface area contributed by atoms with Gasteiger partial charge in [0.05, 0.1) is 12.2 Å². The van der Waals surface area contributed by atoms with Gasteiger partial charge in [-0.15, -0.1) is 0 Å². The minimum absolute atomic E-state index is 0.387. The molecule has 7 heteroatoms. The number of ketones is 1. The number of Topliss-reactive ketones (excluding diaryl/α,β-unsaturated/α-hetero) is 1. The fourth-order valence-electron chi connectivity index (χ4n) is 0.614. The Morgan fingerprint density at radius 1 is 1.33 bits per heavy atom. The second-order valence-corrected chi connectivity index (χ2v) is 2.69. The van der Waals surface area contributed by atoms with Crippen molar-refractivity contribution in [2.75, 3.05) is 6.54 Å². The third-order valence-corrected chi connectivity index (χ3v) is 1.27.